The second-order valence-corrected chi connectivity index (χ2v) is 6.40. The van der Waals surface area contributed by atoms with E-state index in [0.29, 0.717) is 32.6 Å². The number of nitrogens with zero attached hydrogens (tertiary/aromatic N) is 2. The fourth-order valence-electron chi connectivity index (χ4n) is 2.70. The highest BCUT2D eigenvalue weighted by Crippen LogP contribution is 2.34. The van der Waals surface area contributed by atoms with E-state index < -0.39 is 0 Å². The van der Waals surface area contributed by atoms with E-state index in [1.54, 1.807) is 18.2 Å². The van der Waals surface area contributed by atoms with Gasteiger partial charge in [0.05, 0.1) is 10.5 Å². The second kappa shape index (κ2) is 6.14. The first kappa shape index (κ1) is 15.5. The summed E-state index contributed by atoms with van der Waals surface area (Å²) in [6.45, 7) is 0. The first-order valence-electron chi connectivity index (χ1n) is 7.52. The third kappa shape index (κ3) is 2.92. The van der Waals surface area contributed by atoms with Gasteiger partial charge in [0.15, 0.2) is 5.58 Å². The molecule has 25 heavy (non-hydrogen) atoms. The monoisotopic (exact) mass is 394 g/mol. The minimum atomic E-state index is -0.389. The van der Waals surface area contributed by atoms with Crippen LogP contribution in [0.1, 0.15) is 0 Å². The number of nitro groups is 1. The number of hydrogen-bond donors (Lipinski definition) is 0. The van der Waals surface area contributed by atoms with Crippen LogP contribution >= 0.6 is 15.9 Å². The molecule has 0 aliphatic rings. The van der Waals surface area contributed by atoms with Crippen LogP contribution in [0.25, 0.3) is 33.7 Å². The molecule has 0 aliphatic heterocycles. The van der Waals surface area contributed by atoms with E-state index in [9.17, 15) is 10.1 Å². The minimum Gasteiger partial charge on any atom is -0.436 e. The highest BCUT2D eigenvalue weighted by atomic mass is 79.9. The summed E-state index contributed by atoms with van der Waals surface area (Å²) in [4.78, 5) is 15.4. The van der Waals surface area contributed by atoms with Crippen molar-refractivity contribution >= 4 is 32.7 Å². The molecule has 1 heterocycles. The number of nitro benzene ring substituents is 1. The molecule has 0 radical (unpaired) electrons. The summed E-state index contributed by atoms with van der Waals surface area (Å²) in [6.07, 6.45) is 0. The Morgan fingerprint density at radius 3 is 2.52 bits per heavy atom. The van der Waals surface area contributed by atoms with Crippen molar-refractivity contribution in [2.24, 2.45) is 0 Å². The van der Waals surface area contributed by atoms with Gasteiger partial charge in [-0.25, -0.2) is 4.98 Å². The Morgan fingerprint density at radius 2 is 1.76 bits per heavy atom. The van der Waals surface area contributed by atoms with Crippen LogP contribution in [-0.4, -0.2) is 9.91 Å². The summed E-state index contributed by atoms with van der Waals surface area (Å²) in [7, 11) is 0. The average Bonchev–Trinajstić information content (AvgIpc) is 3.05. The Bertz CT molecular complexity index is 1090. The first-order chi connectivity index (χ1) is 12.1. The molecule has 4 aromatic rings. The Kier molecular flexibility index (Phi) is 3.82. The van der Waals surface area contributed by atoms with Crippen molar-refractivity contribution in [3.8, 4) is 22.6 Å². The number of hydrogen-bond acceptors (Lipinski definition) is 4. The molecule has 0 N–H and O–H groups in total. The van der Waals surface area contributed by atoms with Crippen molar-refractivity contribution in [1.29, 1.82) is 0 Å². The Labute approximate surface area is 151 Å². The topological polar surface area (TPSA) is 69.2 Å². The van der Waals surface area contributed by atoms with Gasteiger partial charge >= 0.3 is 0 Å². The average molecular weight is 395 g/mol. The van der Waals surface area contributed by atoms with Gasteiger partial charge in [0, 0.05) is 16.1 Å². The van der Waals surface area contributed by atoms with E-state index in [4.69, 9.17) is 4.42 Å². The lowest BCUT2D eigenvalue weighted by molar-refractivity contribution is -0.384. The van der Waals surface area contributed by atoms with Crippen molar-refractivity contribution < 1.29 is 9.34 Å². The van der Waals surface area contributed by atoms with Gasteiger partial charge in [0.2, 0.25) is 5.89 Å². The van der Waals surface area contributed by atoms with Crippen molar-refractivity contribution in [1.82, 2.24) is 4.98 Å². The summed E-state index contributed by atoms with van der Waals surface area (Å²) < 4.78 is 6.51. The number of benzene rings is 3. The van der Waals surface area contributed by atoms with E-state index >= 15 is 0 Å². The molecule has 5 nitrogen and oxygen atoms in total. The van der Waals surface area contributed by atoms with Crippen LogP contribution in [0.2, 0.25) is 0 Å². The zero-order valence-electron chi connectivity index (χ0n) is 12.8. The molecular formula is C19H11BrN2O3. The number of halogens is 1. The standard InChI is InChI=1S/C19H11BrN2O3/c20-14-7-8-15(17(11-14)22(23)24)13-6-9-16-18(10-13)25-19(21-16)12-4-2-1-3-5-12/h1-11H. The molecule has 0 fully saturated rings. The SMILES string of the molecule is O=[N+]([O-])c1cc(Br)ccc1-c1ccc2nc(-c3ccccc3)oc2c1. The maximum Gasteiger partial charge on any atom is 0.278 e. The quantitative estimate of drug-likeness (QED) is 0.323. The largest absolute Gasteiger partial charge is 0.436 e. The predicted molar refractivity (Wildman–Crippen MR) is 99.2 cm³/mol. The number of fused-ring (bicyclic) bond motifs is 1. The molecule has 0 saturated carbocycles. The normalized spacial score (nSPS) is 10.9. The Hall–Kier alpha value is -2.99. The molecule has 0 bridgehead atoms. The van der Waals surface area contributed by atoms with Crippen LogP contribution in [0.3, 0.4) is 0 Å². The van der Waals surface area contributed by atoms with E-state index in [1.165, 1.54) is 6.07 Å². The number of aromatic nitrogens is 1. The predicted octanol–water partition coefficient (Wildman–Crippen LogP) is 5.83. The van der Waals surface area contributed by atoms with Gasteiger partial charge in [-0.15, -0.1) is 0 Å². The van der Waals surface area contributed by atoms with Crippen molar-refractivity contribution in [2.75, 3.05) is 0 Å². The van der Waals surface area contributed by atoms with E-state index in [2.05, 4.69) is 20.9 Å². The summed E-state index contributed by atoms with van der Waals surface area (Å²) in [5, 5.41) is 11.3. The highest BCUT2D eigenvalue weighted by molar-refractivity contribution is 9.10. The third-order valence-electron chi connectivity index (χ3n) is 3.88. The summed E-state index contributed by atoms with van der Waals surface area (Å²) in [6, 6.07) is 20.0. The Morgan fingerprint density at radius 1 is 0.960 bits per heavy atom. The van der Waals surface area contributed by atoms with Gasteiger partial charge in [-0.05, 0) is 42.0 Å². The van der Waals surface area contributed by atoms with Crippen LogP contribution < -0.4 is 0 Å². The molecule has 0 unspecified atom stereocenters. The molecule has 1 aromatic heterocycles. The summed E-state index contributed by atoms with van der Waals surface area (Å²) in [5.74, 6) is 0.526. The van der Waals surface area contributed by atoms with Crippen LogP contribution in [0.5, 0.6) is 0 Å². The zero-order valence-corrected chi connectivity index (χ0v) is 14.4. The van der Waals surface area contributed by atoms with E-state index in [1.807, 2.05) is 42.5 Å². The molecule has 4 rings (SSSR count). The van der Waals surface area contributed by atoms with Crippen LogP contribution in [0.15, 0.2) is 75.6 Å². The zero-order chi connectivity index (χ0) is 17.4. The lowest BCUT2D eigenvalue weighted by Gasteiger charge is -2.03. The van der Waals surface area contributed by atoms with Crippen LogP contribution in [0.4, 0.5) is 5.69 Å². The fraction of sp³-hybridized carbons (Fsp3) is 0. The lowest BCUT2D eigenvalue weighted by Crippen LogP contribution is -1.92. The van der Waals surface area contributed by atoms with Crippen LogP contribution in [-0.2, 0) is 0 Å². The minimum absolute atomic E-state index is 0.0384. The summed E-state index contributed by atoms with van der Waals surface area (Å²) in [5.41, 5.74) is 3.47. The number of rotatable bonds is 3. The highest BCUT2D eigenvalue weighted by Gasteiger charge is 2.17. The molecule has 6 heteroatoms. The van der Waals surface area contributed by atoms with E-state index in [0.717, 1.165) is 5.56 Å². The number of oxazole rings is 1. The van der Waals surface area contributed by atoms with Gasteiger partial charge in [-0.3, -0.25) is 10.1 Å². The maximum absolute atomic E-state index is 11.3. The smallest absolute Gasteiger partial charge is 0.278 e. The molecule has 0 aliphatic carbocycles. The molecule has 0 atom stereocenters. The molecule has 122 valence electrons. The van der Waals surface area contributed by atoms with Gasteiger partial charge in [0.1, 0.15) is 5.52 Å². The van der Waals surface area contributed by atoms with E-state index in [-0.39, 0.29) is 10.6 Å². The fourth-order valence-corrected chi connectivity index (χ4v) is 3.05. The molecule has 0 spiro atoms. The second-order valence-electron chi connectivity index (χ2n) is 5.49. The van der Waals surface area contributed by atoms with Crippen molar-refractivity contribution in [3.05, 3.63) is 81.3 Å². The first-order valence-corrected chi connectivity index (χ1v) is 8.31. The molecular weight excluding hydrogens is 384 g/mol. The molecule has 3 aromatic carbocycles. The van der Waals surface area contributed by atoms with Gasteiger partial charge < -0.3 is 4.42 Å². The molecule has 0 saturated heterocycles. The van der Waals surface area contributed by atoms with Gasteiger partial charge in [-0.1, -0.05) is 40.2 Å². The summed E-state index contributed by atoms with van der Waals surface area (Å²) >= 11 is 3.27. The molecule has 0 amide bonds. The van der Waals surface area contributed by atoms with Gasteiger partial charge in [0.25, 0.3) is 5.69 Å². The van der Waals surface area contributed by atoms with Crippen molar-refractivity contribution in [3.63, 3.8) is 0 Å². The third-order valence-corrected chi connectivity index (χ3v) is 4.37. The lowest BCUT2D eigenvalue weighted by atomic mass is 10.0. The van der Waals surface area contributed by atoms with Gasteiger partial charge in [-0.2, -0.15) is 0 Å². The van der Waals surface area contributed by atoms with Crippen molar-refractivity contribution in [2.45, 2.75) is 0 Å². The maximum atomic E-state index is 11.3. The Balaban J connectivity index is 1.84. The van der Waals surface area contributed by atoms with Crippen LogP contribution in [0, 0.1) is 10.1 Å².